The van der Waals surface area contributed by atoms with Gasteiger partial charge in [-0.3, -0.25) is 4.79 Å². The van der Waals surface area contributed by atoms with Gasteiger partial charge in [-0.05, 0) is 44.0 Å². The minimum Gasteiger partial charge on any atom is -0.467 e. The summed E-state index contributed by atoms with van der Waals surface area (Å²) in [7, 11) is 1.66. The number of amides is 1. The second-order valence-corrected chi connectivity index (χ2v) is 5.21. The number of hydrogen-bond acceptors (Lipinski definition) is 4. The van der Waals surface area contributed by atoms with Crippen molar-refractivity contribution in [2.45, 2.75) is 26.0 Å². The number of hydrogen-bond donors (Lipinski definition) is 1. The average molecular weight is 287 g/mol. The topological polar surface area (TPSA) is 66.8 Å². The molecule has 0 atom stereocenters. The Labute approximate surface area is 123 Å². The SMILES string of the molecule is CN(Cc1ccco1)C(=O)c1ccc(C#CC(C)(C)O)o1. The molecule has 2 aromatic heterocycles. The van der Waals surface area contributed by atoms with Crippen LogP contribution in [-0.4, -0.2) is 28.6 Å². The number of nitrogens with zero attached hydrogens (tertiary/aromatic N) is 1. The van der Waals surface area contributed by atoms with Crippen LogP contribution in [0.3, 0.4) is 0 Å². The molecule has 21 heavy (non-hydrogen) atoms. The third-order valence-corrected chi connectivity index (χ3v) is 2.63. The molecular weight excluding hydrogens is 270 g/mol. The van der Waals surface area contributed by atoms with E-state index in [4.69, 9.17) is 8.83 Å². The van der Waals surface area contributed by atoms with Crippen molar-refractivity contribution in [3.63, 3.8) is 0 Å². The molecule has 1 amide bonds. The van der Waals surface area contributed by atoms with Crippen molar-refractivity contribution in [3.05, 3.63) is 47.8 Å². The van der Waals surface area contributed by atoms with E-state index in [1.807, 2.05) is 0 Å². The van der Waals surface area contributed by atoms with E-state index >= 15 is 0 Å². The monoisotopic (exact) mass is 287 g/mol. The molecule has 0 bridgehead atoms. The second-order valence-electron chi connectivity index (χ2n) is 5.21. The summed E-state index contributed by atoms with van der Waals surface area (Å²) in [4.78, 5) is 13.7. The van der Waals surface area contributed by atoms with Gasteiger partial charge in [0.2, 0.25) is 0 Å². The zero-order valence-corrected chi connectivity index (χ0v) is 12.2. The standard InChI is InChI=1S/C16H17NO4/c1-16(2,19)9-8-12-6-7-14(21-12)15(18)17(3)11-13-5-4-10-20-13/h4-7,10,19H,11H2,1-3H3. The zero-order chi connectivity index (χ0) is 15.5. The van der Waals surface area contributed by atoms with Crippen LogP contribution in [0.5, 0.6) is 0 Å². The molecule has 2 heterocycles. The van der Waals surface area contributed by atoms with Crippen LogP contribution in [0.2, 0.25) is 0 Å². The van der Waals surface area contributed by atoms with E-state index in [2.05, 4.69) is 11.8 Å². The van der Waals surface area contributed by atoms with Crippen LogP contribution in [0.4, 0.5) is 0 Å². The summed E-state index contributed by atoms with van der Waals surface area (Å²) in [5.41, 5.74) is -1.10. The maximum atomic E-state index is 12.2. The van der Waals surface area contributed by atoms with Crippen molar-refractivity contribution < 1.29 is 18.7 Å². The maximum absolute atomic E-state index is 12.2. The predicted molar refractivity (Wildman–Crippen MR) is 76.4 cm³/mol. The Balaban J connectivity index is 2.06. The molecule has 110 valence electrons. The summed E-state index contributed by atoms with van der Waals surface area (Å²) in [5.74, 6) is 6.29. The van der Waals surface area contributed by atoms with E-state index in [9.17, 15) is 9.90 Å². The molecule has 0 aromatic carbocycles. The van der Waals surface area contributed by atoms with E-state index in [-0.39, 0.29) is 11.7 Å². The van der Waals surface area contributed by atoms with Crippen LogP contribution in [0.25, 0.3) is 0 Å². The molecular formula is C16H17NO4. The van der Waals surface area contributed by atoms with Crippen LogP contribution in [0.15, 0.2) is 39.4 Å². The van der Waals surface area contributed by atoms with Crippen molar-refractivity contribution >= 4 is 5.91 Å². The number of carbonyl (C=O) groups excluding carboxylic acids is 1. The third-order valence-electron chi connectivity index (χ3n) is 2.63. The van der Waals surface area contributed by atoms with Crippen molar-refractivity contribution in [1.82, 2.24) is 4.90 Å². The van der Waals surface area contributed by atoms with Crippen molar-refractivity contribution in [3.8, 4) is 11.8 Å². The summed E-state index contributed by atoms with van der Waals surface area (Å²) >= 11 is 0. The minimum atomic E-state index is -1.10. The summed E-state index contributed by atoms with van der Waals surface area (Å²) in [5, 5.41) is 9.53. The molecule has 0 aliphatic carbocycles. The van der Waals surface area contributed by atoms with Gasteiger partial charge in [-0.2, -0.15) is 0 Å². The second kappa shape index (κ2) is 5.90. The normalized spacial score (nSPS) is 10.9. The highest BCUT2D eigenvalue weighted by atomic mass is 16.4. The third kappa shape index (κ3) is 4.26. The Bertz CT molecular complexity index is 665. The summed E-state index contributed by atoms with van der Waals surface area (Å²) in [6.45, 7) is 3.51. The molecule has 0 spiro atoms. The highest BCUT2D eigenvalue weighted by Crippen LogP contribution is 2.12. The van der Waals surface area contributed by atoms with Crippen molar-refractivity contribution in [1.29, 1.82) is 0 Å². The Morgan fingerprint density at radius 1 is 1.38 bits per heavy atom. The number of aliphatic hydroxyl groups is 1. The lowest BCUT2D eigenvalue weighted by Crippen LogP contribution is -2.25. The van der Waals surface area contributed by atoms with Gasteiger partial charge in [-0.15, -0.1) is 0 Å². The molecule has 5 heteroatoms. The highest BCUT2D eigenvalue weighted by Gasteiger charge is 2.17. The predicted octanol–water partition coefficient (Wildman–Crippen LogP) is 2.27. The van der Waals surface area contributed by atoms with Crippen LogP contribution < -0.4 is 0 Å². The van der Waals surface area contributed by atoms with Gasteiger partial charge in [-0.25, -0.2) is 0 Å². The Morgan fingerprint density at radius 2 is 2.14 bits per heavy atom. The minimum absolute atomic E-state index is 0.198. The van der Waals surface area contributed by atoms with Gasteiger partial charge in [0.05, 0.1) is 12.8 Å². The first-order valence-electron chi connectivity index (χ1n) is 6.48. The largest absolute Gasteiger partial charge is 0.467 e. The Morgan fingerprint density at radius 3 is 2.76 bits per heavy atom. The fraction of sp³-hybridized carbons (Fsp3) is 0.312. The van der Waals surface area contributed by atoms with Crippen LogP contribution >= 0.6 is 0 Å². The zero-order valence-electron chi connectivity index (χ0n) is 12.2. The summed E-state index contributed by atoms with van der Waals surface area (Å²) in [6, 6.07) is 6.74. The first-order valence-corrected chi connectivity index (χ1v) is 6.48. The number of carbonyl (C=O) groups is 1. The lowest BCUT2D eigenvalue weighted by Gasteiger charge is -2.13. The van der Waals surface area contributed by atoms with Gasteiger partial charge in [-0.1, -0.05) is 5.92 Å². The highest BCUT2D eigenvalue weighted by molar-refractivity contribution is 5.91. The number of rotatable bonds is 3. The van der Waals surface area contributed by atoms with Gasteiger partial charge in [0.1, 0.15) is 11.4 Å². The van der Waals surface area contributed by atoms with Gasteiger partial charge in [0, 0.05) is 7.05 Å². The molecule has 0 aliphatic heterocycles. The maximum Gasteiger partial charge on any atom is 0.289 e. The van der Waals surface area contributed by atoms with Crippen LogP contribution in [-0.2, 0) is 6.54 Å². The van der Waals surface area contributed by atoms with E-state index in [0.29, 0.717) is 18.1 Å². The quantitative estimate of drug-likeness (QED) is 0.879. The first-order chi connectivity index (χ1) is 9.85. The fourth-order valence-electron chi connectivity index (χ4n) is 1.63. The smallest absolute Gasteiger partial charge is 0.289 e. The average Bonchev–Trinajstić information content (AvgIpc) is 3.05. The molecule has 1 N–H and O–H groups in total. The van der Waals surface area contributed by atoms with E-state index in [1.54, 1.807) is 51.4 Å². The van der Waals surface area contributed by atoms with Gasteiger partial charge >= 0.3 is 0 Å². The lowest BCUT2D eigenvalue weighted by atomic mass is 10.1. The molecule has 5 nitrogen and oxygen atoms in total. The van der Waals surface area contributed by atoms with Gasteiger partial charge < -0.3 is 18.8 Å². The van der Waals surface area contributed by atoms with E-state index in [1.165, 1.54) is 4.90 Å². The molecule has 0 radical (unpaired) electrons. The Kier molecular flexibility index (Phi) is 4.20. The lowest BCUT2D eigenvalue weighted by molar-refractivity contribution is 0.0743. The Hall–Kier alpha value is -2.45. The number of furan rings is 2. The fourth-order valence-corrected chi connectivity index (χ4v) is 1.63. The van der Waals surface area contributed by atoms with Crippen LogP contribution in [0, 0.1) is 11.8 Å². The van der Waals surface area contributed by atoms with E-state index < -0.39 is 5.60 Å². The van der Waals surface area contributed by atoms with E-state index in [0.717, 1.165) is 0 Å². The molecule has 0 fully saturated rings. The van der Waals surface area contributed by atoms with Gasteiger partial charge in [0.25, 0.3) is 5.91 Å². The van der Waals surface area contributed by atoms with Crippen molar-refractivity contribution in [2.24, 2.45) is 0 Å². The van der Waals surface area contributed by atoms with Crippen LogP contribution in [0.1, 0.15) is 35.9 Å². The molecule has 0 saturated heterocycles. The van der Waals surface area contributed by atoms with Gasteiger partial charge in [0.15, 0.2) is 11.5 Å². The molecule has 0 unspecified atom stereocenters. The summed E-state index contributed by atoms with van der Waals surface area (Å²) in [6.07, 6.45) is 1.56. The molecule has 2 rings (SSSR count). The molecule has 0 aliphatic rings. The van der Waals surface area contributed by atoms with Crippen molar-refractivity contribution in [2.75, 3.05) is 7.05 Å². The first kappa shape index (κ1) is 14.9. The summed E-state index contributed by atoms with van der Waals surface area (Å²) < 4.78 is 10.6. The molecule has 2 aromatic rings. The molecule has 0 saturated carbocycles.